The third kappa shape index (κ3) is 3.37. The van der Waals surface area contributed by atoms with Crippen LogP contribution in [0.15, 0.2) is 25.0 Å². The summed E-state index contributed by atoms with van der Waals surface area (Å²) in [6, 6.07) is 0.000854. The van der Waals surface area contributed by atoms with Crippen LogP contribution in [0.1, 0.15) is 44.6 Å². The molecule has 4 rings (SSSR count). The summed E-state index contributed by atoms with van der Waals surface area (Å²) in [7, 11) is 0. The Morgan fingerprint density at radius 3 is 2.96 bits per heavy atom. The van der Waals surface area contributed by atoms with Crippen molar-refractivity contribution >= 4 is 28.6 Å². The molecule has 3 aromatic rings. The van der Waals surface area contributed by atoms with E-state index >= 15 is 0 Å². The second kappa shape index (κ2) is 7.11. The molecule has 0 saturated heterocycles. The maximum absolute atomic E-state index is 11.6. The van der Waals surface area contributed by atoms with Crippen LogP contribution >= 0.6 is 0 Å². The van der Waals surface area contributed by atoms with E-state index in [1.165, 1.54) is 25.6 Å². The lowest BCUT2D eigenvalue weighted by Gasteiger charge is -2.29. The standard InChI is InChI=1S/C17H22N8O/c18-14(26)6-13(11-4-2-1-3-5-11)25-8-12(7-23-25)24-17-15-16(20-9-19-15)21-10-22-17/h7-11,13H,1-6H2,(H2,18,26)(H2,19,20,21,22,24). The number of amides is 1. The number of imidazole rings is 1. The molecule has 4 N–H and O–H groups in total. The summed E-state index contributed by atoms with van der Waals surface area (Å²) in [5, 5.41) is 7.73. The molecule has 0 aliphatic heterocycles. The van der Waals surface area contributed by atoms with Crippen molar-refractivity contribution in [2.75, 3.05) is 5.32 Å². The molecular weight excluding hydrogens is 332 g/mol. The lowest BCUT2D eigenvalue weighted by Crippen LogP contribution is -2.27. The van der Waals surface area contributed by atoms with Crippen LogP contribution in [-0.4, -0.2) is 35.6 Å². The highest BCUT2D eigenvalue weighted by Crippen LogP contribution is 2.35. The molecule has 9 nitrogen and oxygen atoms in total. The van der Waals surface area contributed by atoms with Crippen LogP contribution in [0.4, 0.5) is 11.5 Å². The van der Waals surface area contributed by atoms with E-state index in [0.717, 1.165) is 24.0 Å². The third-order valence-electron chi connectivity index (χ3n) is 5.03. The topological polar surface area (TPSA) is 127 Å². The Morgan fingerprint density at radius 2 is 2.15 bits per heavy atom. The number of carbonyl (C=O) groups excluding carboxylic acids is 1. The van der Waals surface area contributed by atoms with Gasteiger partial charge >= 0.3 is 0 Å². The molecular formula is C17H22N8O. The van der Waals surface area contributed by atoms with Crippen molar-refractivity contribution in [3.8, 4) is 0 Å². The molecule has 1 unspecified atom stereocenters. The van der Waals surface area contributed by atoms with Crippen LogP contribution in [0.2, 0.25) is 0 Å². The van der Waals surface area contributed by atoms with E-state index in [1.54, 1.807) is 12.5 Å². The first-order valence-corrected chi connectivity index (χ1v) is 8.94. The predicted octanol–water partition coefficient (Wildman–Crippen LogP) is 2.29. The maximum Gasteiger partial charge on any atom is 0.219 e. The lowest BCUT2D eigenvalue weighted by atomic mass is 9.82. The molecule has 136 valence electrons. The van der Waals surface area contributed by atoms with Crippen LogP contribution in [0.25, 0.3) is 11.2 Å². The minimum absolute atomic E-state index is 0.000854. The molecule has 0 aromatic carbocycles. The Kier molecular flexibility index (Phi) is 4.51. The van der Waals surface area contributed by atoms with Crippen molar-refractivity contribution in [3.05, 3.63) is 25.0 Å². The first kappa shape index (κ1) is 16.5. The Labute approximate surface area is 150 Å². The van der Waals surface area contributed by atoms with Gasteiger partial charge in [0.2, 0.25) is 5.91 Å². The lowest BCUT2D eigenvalue weighted by molar-refractivity contribution is -0.119. The van der Waals surface area contributed by atoms with Crippen molar-refractivity contribution < 1.29 is 4.79 Å². The van der Waals surface area contributed by atoms with Gasteiger partial charge in [0.05, 0.1) is 24.3 Å². The van der Waals surface area contributed by atoms with Crippen LogP contribution in [0.5, 0.6) is 0 Å². The number of hydrogen-bond donors (Lipinski definition) is 3. The van der Waals surface area contributed by atoms with Crippen LogP contribution in [0.3, 0.4) is 0 Å². The number of nitrogens with one attached hydrogen (secondary N) is 2. The van der Waals surface area contributed by atoms with Gasteiger partial charge in [-0.3, -0.25) is 9.48 Å². The van der Waals surface area contributed by atoms with Gasteiger partial charge in [-0.25, -0.2) is 15.0 Å². The first-order chi connectivity index (χ1) is 12.7. The smallest absolute Gasteiger partial charge is 0.219 e. The second-order valence-corrected chi connectivity index (χ2v) is 6.79. The second-order valence-electron chi connectivity index (χ2n) is 6.79. The summed E-state index contributed by atoms with van der Waals surface area (Å²) in [6.45, 7) is 0. The SMILES string of the molecule is NC(=O)CC(C1CCCCC1)n1cc(Nc2ncnc3nc[nH]c23)cn1. The number of fused-ring (bicyclic) bond motifs is 1. The highest BCUT2D eigenvalue weighted by molar-refractivity contribution is 5.84. The molecule has 1 saturated carbocycles. The summed E-state index contributed by atoms with van der Waals surface area (Å²) in [4.78, 5) is 27.1. The van der Waals surface area contributed by atoms with Gasteiger partial charge < -0.3 is 16.0 Å². The Morgan fingerprint density at radius 1 is 1.31 bits per heavy atom. The van der Waals surface area contributed by atoms with Gasteiger partial charge in [-0.15, -0.1) is 0 Å². The van der Waals surface area contributed by atoms with Crippen LogP contribution in [-0.2, 0) is 4.79 Å². The van der Waals surface area contributed by atoms with E-state index in [9.17, 15) is 4.79 Å². The van der Waals surface area contributed by atoms with E-state index in [0.29, 0.717) is 23.8 Å². The molecule has 1 aliphatic carbocycles. The van der Waals surface area contributed by atoms with Gasteiger partial charge in [-0.05, 0) is 18.8 Å². The molecule has 0 spiro atoms. The molecule has 9 heteroatoms. The fourth-order valence-corrected chi connectivity index (χ4v) is 3.78. The normalized spacial score (nSPS) is 16.6. The average Bonchev–Trinajstić information content (AvgIpc) is 3.30. The van der Waals surface area contributed by atoms with Gasteiger partial charge in [0.15, 0.2) is 11.5 Å². The van der Waals surface area contributed by atoms with Gasteiger partial charge in [0.25, 0.3) is 0 Å². The number of primary amides is 1. The third-order valence-corrected chi connectivity index (χ3v) is 5.03. The number of hydrogen-bond acceptors (Lipinski definition) is 6. The summed E-state index contributed by atoms with van der Waals surface area (Å²) < 4.78 is 1.87. The number of H-pyrrole nitrogens is 1. The zero-order chi connectivity index (χ0) is 17.9. The van der Waals surface area contributed by atoms with Gasteiger partial charge in [0.1, 0.15) is 11.8 Å². The zero-order valence-corrected chi connectivity index (χ0v) is 14.4. The van der Waals surface area contributed by atoms with Crippen molar-refractivity contribution in [2.24, 2.45) is 11.7 Å². The molecule has 0 bridgehead atoms. The molecule has 3 heterocycles. The largest absolute Gasteiger partial charge is 0.370 e. The van der Waals surface area contributed by atoms with Gasteiger partial charge in [-0.1, -0.05) is 19.3 Å². The molecule has 1 aliphatic rings. The van der Waals surface area contributed by atoms with Crippen molar-refractivity contribution in [3.63, 3.8) is 0 Å². The number of nitrogens with zero attached hydrogens (tertiary/aromatic N) is 5. The first-order valence-electron chi connectivity index (χ1n) is 8.94. The highest BCUT2D eigenvalue weighted by Gasteiger charge is 2.27. The Hall–Kier alpha value is -2.97. The number of carbonyl (C=O) groups is 1. The van der Waals surface area contributed by atoms with E-state index in [1.807, 2.05) is 10.9 Å². The maximum atomic E-state index is 11.6. The predicted molar refractivity (Wildman–Crippen MR) is 96.6 cm³/mol. The molecule has 1 fully saturated rings. The molecule has 1 atom stereocenters. The number of nitrogens with two attached hydrogens (primary N) is 1. The minimum Gasteiger partial charge on any atom is -0.370 e. The van der Waals surface area contributed by atoms with E-state index < -0.39 is 0 Å². The highest BCUT2D eigenvalue weighted by atomic mass is 16.1. The fraction of sp³-hybridized carbons (Fsp3) is 0.471. The van der Waals surface area contributed by atoms with E-state index in [2.05, 4.69) is 30.4 Å². The summed E-state index contributed by atoms with van der Waals surface area (Å²) in [5.74, 6) is 0.777. The van der Waals surface area contributed by atoms with Crippen molar-refractivity contribution in [1.82, 2.24) is 29.7 Å². The minimum atomic E-state index is -0.291. The number of anilines is 2. The van der Waals surface area contributed by atoms with Crippen LogP contribution in [0, 0.1) is 5.92 Å². The monoisotopic (exact) mass is 354 g/mol. The van der Waals surface area contributed by atoms with Crippen molar-refractivity contribution in [2.45, 2.75) is 44.6 Å². The number of aromatic amines is 1. The summed E-state index contributed by atoms with van der Waals surface area (Å²) >= 11 is 0. The fourth-order valence-electron chi connectivity index (χ4n) is 3.78. The Balaban J connectivity index is 1.56. The quantitative estimate of drug-likeness (QED) is 0.623. The zero-order valence-electron chi connectivity index (χ0n) is 14.4. The molecule has 3 aromatic heterocycles. The average molecular weight is 354 g/mol. The number of rotatable bonds is 6. The molecule has 1 amide bonds. The molecule has 0 radical (unpaired) electrons. The van der Waals surface area contributed by atoms with Crippen LogP contribution < -0.4 is 11.1 Å². The van der Waals surface area contributed by atoms with Crippen molar-refractivity contribution in [1.29, 1.82) is 0 Å². The summed E-state index contributed by atoms with van der Waals surface area (Å²) in [6.07, 6.45) is 12.9. The summed E-state index contributed by atoms with van der Waals surface area (Å²) in [5.41, 5.74) is 7.63. The van der Waals surface area contributed by atoms with Gasteiger partial charge in [0, 0.05) is 12.6 Å². The van der Waals surface area contributed by atoms with E-state index in [4.69, 9.17) is 5.73 Å². The molecule has 26 heavy (non-hydrogen) atoms. The van der Waals surface area contributed by atoms with E-state index in [-0.39, 0.29) is 11.9 Å². The van der Waals surface area contributed by atoms with Gasteiger partial charge in [-0.2, -0.15) is 5.10 Å². The number of aromatic nitrogens is 6. The Bertz CT molecular complexity index is 895.